The van der Waals surface area contributed by atoms with Gasteiger partial charge >= 0.3 is 0 Å². The molecule has 7 heteroatoms. The van der Waals surface area contributed by atoms with E-state index in [1.165, 1.54) is 0 Å². The fourth-order valence-electron chi connectivity index (χ4n) is 3.03. The molecule has 0 N–H and O–H groups in total. The molecule has 4 rings (SSSR count). The van der Waals surface area contributed by atoms with Crippen LogP contribution in [0.4, 0.5) is 0 Å². The van der Waals surface area contributed by atoms with Crippen LogP contribution in [0.5, 0.6) is 0 Å². The lowest BCUT2D eigenvalue weighted by Gasteiger charge is -2.16. The first kappa shape index (κ1) is 17.7. The summed E-state index contributed by atoms with van der Waals surface area (Å²) in [4.78, 5) is 24.9. The third-order valence-corrected chi connectivity index (χ3v) is 5.59. The highest BCUT2D eigenvalue weighted by Crippen LogP contribution is 2.34. The maximum absolute atomic E-state index is 5.41. The van der Waals surface area contributed by atoms with Crippen molar-refractivity contribution in [2.75, 3.05) is 6.61 Å². The number of fused-ring (bicyclic) bond motifs is 1. The lowest BCUT2D eigenvalue weighted by Crippen LogP contribution is -2.16. The maximum Gasteiger partial charge on any atom is 0.125 e. The smallest absolute Gasteiger partial charge is 0.125 e. The molecule has 138 valence electrons. The highest BCUT2D eigenvalue weighted by atomic mass is 32.1. The van der Waals surface area contributed by atoms with E-state index in [0.717, 1.165) is 69.6 Å². The summed E-state index contributed by atoms with van der Waals surface area (Å²) in [6, 6.07) is 3.94. The van der Waals surface area contributed by atoms with E-state index in [9.17, 15) is 0 Å². The zero-order valence-corrected chi connectivity index (χ0v) is 16.3. The van der Waals surface area contributed by atoms with E-state index in [2.05, 4.69) is 22.0 Å². The molecule has 0 bridgehead atoms. The molecule has 0 aromatic carbocycles. The average molecular weight is 379 g/mol. The van der Waals surface area contributed by atoms with Gasteiger partial charge in [0.25, 0.3) is 0 Å². The number of pyridine rings is 1. The molecule has 3 aromatic heterocycles. The van der Waals surface area contributed by atoms with Crippen molar-refractivity contribution in [1.82, 2.24) is 19.9 Å². The Hall–Kier alpha value is -2.67. The minimum Gasteiger partial charge on any atom is -0.396 e. The van der Waals surface area contributed by atoms with Crippen LogP contribution < -0.4 is 0 Å². The zero-order chi connectivity index (χ0) is 18.6. The van der Waals surface area contributed by atoms with Crippen molar-refractivity contribution >= 4 is 17.0 Å². The lowest BCUT2D eigenvalue weighted by molar-refractivity contribution is 0.144. The predicted octanol–water partition coefficient (Wildman–Crippen LogP) is 4.44. The summed E-state index contributed by atoms with van der Waals surface area (Å²) in [6.07, 6.45) is 9.21. The van der Waals surface area contributed by atoms with E-state index >= 15 is 0 Å². The van der Waals surface area contributed by atoms with Crippen LogP contribution >= 0.6 is 11.3 Å². The minimum absolute atomic E-state index is 0.619. The highest BCUT2D eigenvalue weighted by Gasteiger charge is 2.21. The Morgan fingerprint density at radius 3 is 2.96 bits per heavy atom. The molecule has 0 saturated carbocycles. The van der Waals surface area contributed by atoms with Crippen molar-refractivity contribution in [3.63, 3.8) is 0 Å². The standard InChI is InChI=1S/C20H21N5OS/c1-3-10-26-25-16-8-4-7-15-18(16)24-17(12-22-15)19-13(2)23-20(27-19)14-6-5-9-21-11-14/h5-6,9,11-12H,3-4,7-8,10H2,1-2H3/b25-16+. The molecular formula is C20H21N5OS. The third-order valence-electron chi connectivity index (χ3n) is 4.36. The molecule has 0 amide bonds. The first-order valence-electron chi connectivity index (χ1n) is 9.19. The van der Waals surface area contributed by atoms with Gasteiger partial charge in [-0.2, -0.15) is 0 Å². The van der Waals surface area contributed by atoms with Gasteiger partial charge in [0, 0.05) is 18.0 Å². The molecule has 0 aliphatic heterocycles. The number of oxime groups is 1. The number of thiazole rings is 1. The maximum atomic E-state index is 5.41. The topological polar surface area (TPSA) is 73.2 Å². The normalized spacial score (nSPS) is 15.0. The van der Waals surface area contributed by atoms with E-state index in [4.69, 9.17) is 14.8 Å². The molecule has 1 aliphatic carbocycles. The van der Waals surface area contributed by atoms with Crippen molar-refractivity contribution in [2.45, 2.75) is 39.5 Å². The molecule has 3 heterocycles. The van der Waals surface area contributed by atoms with Crippen molar-refractivity contribution in [3.05, 3.63) is 47.8 Å². The summed E-state index contributed by atoms with van der Waals surface area (Å²) in [7, 11) is 0. The number of aromatic nitrogens is 4. The van der Waals surface area contributed by atoms with Crippen molar-refractivity contribution in [3.8, 4) is 21.1 Å². The summed E-state index contributed by atoms with van der Waals surface area (Å²) in [5, 5.41) is 5.26. The molecule has 0 spiro atoms. The molecule has 1 aliphatic rings. The van der Waals surface area contributed by atoms with E-state index in [-0.39, 0.29) is 0 Å². The number of nitrogens with zero attached hydrogens (tertiary/aromatic N) is 5. The molecule has 0 unspecified atom stereocenters. The summed E-state index contributed by atoms with van der Waals surface area (Å²) in [5.74, 6) is 0. The second-order valence-corrected chi connectivity index (χ2v) is 7.45. The molecular weight excluding hydrogens is 358 g/mol. The Bertz CT molecular complexity index is 968. The molecule has 3 aromatic rings. The van der Waals surface area contributed by atoms with E-state index < -0.39 is 0 Å². The van der Waals surface area contributed by atoms with Crippen LogP contribution in [-0.2, 0) is 11.3 Å². The van der Waals surface area contributed by atoms with Gasteiger partial charge in [-0.3, -0.25) is 9.97 Å². The summed E-state index contributed by atoms with van der Waals surface area (Å²) in [5.41, 5.74) is 5.56. The van der Waals surface area contributed by atoms with Gasteiger partial charge in [-0.1, -0.05) is 12.1 Å². The van der Waals surface area contributed by atoms with Crippen molar-refractivity contribution < 1.29 is 4.84 Å². The largest absolute Gasteiger partial charge is 0.396 e. The van der Waals surface area contributed by atoms with Crippen LogP contribution in [0.15, 0.2) is 35.9 Å². The SMILES string of the molecule is CCCO/N=C1\CCCc2ncc(-c3sc(-c4cccnc4)nc3C)nc21. The van der Waals surface area contributed by atoms with Crippen LogP contribution in [0.25, 0.3) is 21.1 Å². The summed E-state index contributed by atoms with van der Waals surface area (Å²) >= 11 is 1.61. The second-order valence-electron chi connectivity index (χ2n) is 6.45. The molecule has 0 fully saturated rings. The van der Waals surface area contributed by atoms with Gasteiger partial charge in [0.1, 0.15) is 28.7 Å². The number of rotatable bonds is 5. The fraction of sp³-hybridized carbons (Fsp3) is 0.350. The van der Waals surface area contributed by atoms with Crippen LogP contribution in [0.1, 0.15) is 43.3 Å². The van der Waals surface area contributed by atoms with Gasteiger partial charge in [-0.15, -0.1) is 11.3 Å². The summed E-state index contributed by atoms with van der Waals surface area (Å²) < 4.78 is 0. The number of hydrogen-bond donors (Lipinski definition) is 0. The molecule has 27 heavy (non-hydrogen) atoms. The Balaban J connectivity index is 1.71. The zero-order valence-electron chi connectivity index (χ0n) is 15.5. The minimum atomic E-state index is 0.619. The first-order valence-corrected chi connectivity index (χ1v) is 10.0. The third kappa shape index (κ3) is 3.73. The van der Waals surface area contributed by atoms with E-state index in [1.54, 1.807) is 17.5 Å². The lowest BCUT2D eigenvalue weighted by atomic mass is 9.98. The highest BCUT2D eigenvalue weighted by molar-refractivity contribution is 7.18. The van der Waals surface area contributed by atoms with Crippen molar-refractivity contribution in [1.29, 1.82) is 0 Å². The van der Waals surface area contributed by atoms with Gasteiger partial charge in [-0.25, -0.2) is 9.97 Å². The van der Waals surface area contributed by atoms with Gasteiger partial charge < -0.3 is 4.84 Å². The quantitative estimate of drug-likeness (QED) is 0.484. The number of hydrogen-bond acceptors (Lipinski definition) is 7. The van der Waals surface area contributed by atoms with E-state index in [1.807, 2.05) is 31.5 Å². The van der Waals surface area contributed by atoms with Crippen LogP contribution in [0, 0.1) is 6.92 Å². The predicted molar refractivity (Wildman–Crippen MR) is 107 cm³/mol. The number of aryl methyl sites for hydroxylation is 2. The van der Waals surface area contributed by atoms with Gasteiger partial charge in [0.05, 0.1) is 22.5 Å². The monoisotopic (exact) mass is 379 g/mol. The fourth-order valence-corrected chi connectivity index (χ4v) is 4.04. The molecule has 6 nitrogen and oxygen atoms in total. The second kappa shape index (κ2) is 7.92. The molecule has 0 atom stereocenters. The van der Waals surface area contributed by atoms with E-state index in [0.29, 0.717) is 6.61 Å². The first-order chi connectivity index (χ1) is 13.3. The van der Waals surface area contributed by atoms with Crippen molar-refractivity contribution in [2.24, 2.45) is 5.16 Å². The van der Waals surface area contributed by atoms with Crippen LogP contribution in [0.2, 0.25) is 0 Å². The van der Waals surface area contributed by atoms with Gasteiger partial charge in [-0.05, 0) is 44.7 Å². The molecule has 0 saturated heterocycles. The Morgan fingerprint density at radius 1 is 1.22 bits per heavy atom. The summed E-state index contributed by atoms with van der Waals surface area (Å²) in [6.45, 7) is 4.69. The Morgan fingerprint density at radius 2 is 2.15 bits per heavy atom. The van der Waals surface area contributed by atoms with Gasteiger partial charge in [0.15, 0.2) is 0 Å². The average Bonchev–Trinajstić information content (AvgIpc) is 3.10. The molecule has 0 radical (unpaired) electrons. The Labute approximate surface area is 162 Å². The van der Waals surface area contributed by atoms with Gasteiger partial charge in [0.2, 0.25) is 0 Å². The Kier molecular flexibility index (Phi) is 5.20. The van der Waals surface area contributed by atoms with Crippen LogP contribution in [-0.4, -0.2) is 32.3 Å². The van der Waals surface area contributed by atoms with Crippen LogP contribution in [0.3, 0.4) is 0 Å².